The maximum Gasteiger partial charge on any atom is 0 e. The highest BCUT2D eigenvalue weighted by Crippen LogP contribution is 2.20. The Hall–Kier alpha value is -0.0400. The third kappa shape index (κ3) is 14.0. The summed E-state index contributed by atoms with van der Waals surface area (Å²) in [7, 11) is 0. The van der Waals surface area contributed by atoms with Crippen LogP contribution in [0, 0.1) is 10.8 Å². The Morgan fingerprint density at radius 3 is 1.33 bits per heavy atom. The van der Waals surface area contributed by atoms with E-state index in [0.29, 0.717) is 10.8 Å². The van der Waals surface area contributed by atoms with Crippen molar-refractivity contribution < 1.29 is 1.43 Å². The zero-order chi connectivity index (χ0) is 11.9. The van der Waals surface area contributed by atoms with E-state index in [2.05, 4.69) is 46.9 Å². The molecule has 0 saturated carbocycles. The minimum Gasteiger partial charge on any atom is -0.317 e. The lowest BCUT2D eigenvalue weighted by Crippen LogP contribution is -2.20. The number of hydrogen-bond donors (Lipinski definition) is 1. The van der Waals surface area contributed by atoms with Crippen LogP contribution >= 0.6 is 0 Å². The van der Waals surface area contributed by atoms with Gasteiger partial charge >= 0.3 is 0 Å². The summed E-state index contributed by atoms with van der Waals surface area (Å²) in [5.41, 5.74) is 0.986. The van der Waals surface area contributed by atoms with Gasteiger partial charge in [-0.15, -0.1) is 0 Å². The fraction of sp³-hybridized carbons (Fsp3) is 1.00. The summed E-state index contributed by atoms with van der Waals surface area (Å²) in [6.07, 6.45) is 5.25. The van der Waals surface area contributed by atoms with Crippen molar-refractivity contribution in [3.05, 3.63) is 0 Å². The van der Waals surface area contributed by atoms with Gasteiger partial charge in [-0.25, -0.2) is 0 Å². The van der Waals surface area contributed by atoms with Gasteiger partial charge in [0.25, 0.3) is 0 Å². The van der Waals surface area contributed by atoms with E-state index in [4.69, 9.17) is 0 Å². The topological polar surface area (TPSA) is 12.0 Å². The molecule has 0 radical (unpaired) electrons. The summed E-state index contributed by atoms with van der Waals surface area (Å²) in [5.74, 6) is 0. The van der Waals surface area contributed by atoms with Crippen molar-refractivity contribution in [3.8, 4) is 0 Å². The van der Waals surface area contributed by atoms with Crippen LogP contribution in [0.2, 0.25) is 0 Å². The molecule has 1 heteroatoms. The van der Waals surface area contributed by atoms with Gasteiger partial charge in [0.1, 0.15) is 0 Å². The molecule has 0 bridgehead atoms. The van der Waals surface area contributed by atoms with Crippen LogP contribution in [0.4, 0.5) is 0 Å². The first-order chi connectivity index (χ1) is 6.71. The monoisotopic (exact) mass is 215 g/mol. The van der Waals surface area contributed by atoms with Gasteiger partial charge in [0.05, 0.1) is 0 Å². The molecule has 0 saturated heterocycles. The second-order valence-electron chi connectivity index (χ2n) is 7.08. The van der Waals surface area contributed by atoms with Gasteiger partial charge in [-0.2, -0.15) is 0 Å². The largest absolute Gasteiger partial charge is 0.317 e. The lowest BCUT2D eigenvalue weighted by molar-refractivity contribution is 0.348. The Labute approximate surface area is 98.5 Å². The highest BCUT2D eigenvalue weighted by atomic mass is 14.8. The molecular formula is C14H33N. The third-order valence-corrected chi connectivity index (χ3v) is 2.56. The molecule has 0 unspecified atom stereocenters. The van der Waals surface area contributed by atoms with E-state index in [1.165, 1.54) is 38.8 Å². The normalized spacial score (nSPS) is 13.2. The molecule has 0 aromatic carbocycles. The van der Waals surface area contributed by atoms with E-state index in [1.807, 2.05) is 0 Å². The number of rotatable bonds is 6. The molecule has 0 spiro atoms. The molecule has 0 aromatic rings. The maximum atomic E-state index is 3.53. The standard InChI is InChI=1S/C14H31N.H2/c1-13(2,3)9-7-11-15-12-8-10-14(4,5)6;/h15H,7-12H2,1-6H3;1H. The smallest absolute Gasteiger partial charge is 0 e. The van der Waals surface area contributed by atoms with Crippen molar-refractivity contribution in [3.63, 3.8) is 0 Å². The number of hydrogen-bond acceptors (Lipinski definition) is 1. The van der Waals surface area contributed by atoms with Crippen LogP contribution in [-0.2, 0) is 0 Å². The second-order valence-corrected chi connectivity index (χ2v) is 7.08. The summed E-state index contributed by atoms with van der Waals surface area (Å²) in [6.45, 7) is 16.2. The molecule has 0 amide bonds. The van der Waals surface area contributed by atoms with Gasteiger partial charge in [0, 0.05) is 1.43 Å². The second kappa shape index (κ2) is 6.52. The first-order valence-corrected chi connectivity index (χ1v) is 6.41. The lowest BCUT2D eigenvalue weighted by atomic mass is 9.90. The van der Waals surface area contributed by atoms with E-state index in [-0.39, 0.29) is 1.43 Å². The molecule has 0 aliphatic rings. The SMILES string of the molecule is CC(C)(C)CCCNCCCC(C)(C)C.[HH]. The quantitative estimate of drug-likeness (QED) is 0.644. The molecule has 94 valence electrons. The minimum atomic E-state index is 0. The van der Waals surface area contributed by atoms with Crippen LogP contribution < -0.4 is 5.32 Å². The maximum absolute atomic E-state index is 3.53. The van der Waals surface area contributed by atoms with Crippen LogP contribution in [0.15, 0.2) is 0 Å². The van der Waals surface area contributed by atoms with Crippen LogP contribution in [0.1, 0.15) is 68.7 Å². The van der Waals surface area contributed by atoms with Gasteiger partial charge < -0.3 is 5.32 Å². The molecule has 0 aliphatic carbocycles. The van der Waals surface area contributed by atoms with E-state index < -0.39 is 0 Å². The van der Waals surface area contributed by atoms with Crippen molar-refractivity contribution in [2.75, 3.05) is 13.1 Å². The summed E-state index contributed by atoms with van der Waals surface area (Å²) in [6, 6.07) is 0. The van der Waals surface area contributed by atoms with Crippen molar-refractivity contribution in [1.29, 1.82) is 0 Å². The van der Waals surface area contributed by atoms with E-state index in [9.17, 15) is 0 Å². The average molecular weight is 215 g/mol. The molecule has 1 nitrogen and oxygen atoms in total. The van der Waals surface area contributed by atoms with Crippen LogP contribution in [0.5, 0.6) is 0 Å². The predicted octanol–water partition coefficient (Wildman–Crippen LogP) is 4.47. The zero-order valence-corrected chi connectivity index (χ0v) is 11.7. The molecular weight excluding hydrogens is 182 g/mol. The van der Waals surface area contributed by atoms with Crippen molar-refractivity contribution in [2.24, 2.45) is 10.8 Å². The molecule has 1 N–H and O–H groups in total. The molecule has 0 aliphatic heterocycles. The van der Waals surface area contributed by atoms with Crippen LogP contribution in [-0.4, -0.2) is 13.1 Å². The van der Waals surface area contributed by atoms with E-state index in [1.54, 1.807) is 0 Å². The van der Waals surface area contributed by atoms with Gasteiger partial charge in [0.2, 0.25) is 0 Å². The van der Waals surface area contributed by atoms with Crippen LogP contribution in [0.3, 0.4) is 0 Å². The Balaban J connectivity index is 0. The first-order valence-electron chi connectivity index (χ1n) is 6.41. The Bertz CT molecular complexity index is 135. The highest BCUT2D eigenvalue weighted by molar-refractivity contribution is 4.64. The van der Waals surface area contributed by atoms with Gasteiger partial charge in [-0.05, 0) is 49.6 Å². The first kappa shape index (κ1) is 15.0. The fourth-order valence-electron chi connectivity index (χ4n) is 1.61. The van der Waals surface area contributed by atoms with Gasteiger partial charge in [-0.3, -0.25) is 0 Å². The average Bonchev–Trinajstić information content (AvgIpc) is 1.98. The summed E-state index contributed by atoms with van der Waals surface area (Å²) in [5, 5.41) is 3.53. The summed E-state index contributed by atoms with van der Waals surface area (Å²) in [4.78, 5) is 0. The van der Waals surface area contributed by atoms with Crippen LogP contribution in [0.25, 0.3) is 0 Å². The Morgan fingerprint density at radius 1 is 0.733 bits per heavy atom. The summed E-state index contributed by atoms with van der Waals surface area (Å²) >= 11 is 0. The Morgan fingerprint density at radius 2 is 1.07 bits per heavy atom. The fourth-order valence-corrected chi connectivity index (χ4v) is 1.61. The molecule has 0 rings (SSSR count). The molecule has 0 atom stereocenters. The minimum absolute atomic E-state index is 0. The van der Waals surface area contributed by atoms with E-state index in [0.717, 1.165) is 0 Å². The predicted molar refractivity (Wildman–Crippen MR) is 72.4 cm³/mol. The Kier molecular flexibility index (Phi) is 6.51. The van der Waals surface area contributed by atoms with Gasteiger partial charge in [-0.1, -0.05) is 41.5 Å². The van der Waals surface area contributed by atoms with Crippen molar-refractivity contribution in [1.82, 2.24) is 5.32 Å². The summed E-state index contributed by atoms with van der Waals surface area (Å²) < 4.78 is 0. The lowest BCUT2D eigenvalue weighted by Gasteiger charge is -2.19. The van der Waals surface area contributed by atoms with E-state index >= 15 is 0 Å². The molecule has 15 heavy (non-hydrogen) atoms. The van der Waals surface area contributed by atoms with Crippen molar-refractivity contribution in [2.45, 2.75) is 67.2 Å². The molecule has 0 heterocycles. The van der Waals surface area contributed by atoms with Gasteiger partial charge in [0.15, 0.2) is 0 Å². The third-order valence-electron chi connectivity index (χ3n) is 2.56. The number of nitrogens with one attached hydrogen (secondary N) is 1. The highest BCUT2D eigenvalue weighted by Gasteiger charge is 2.10. The zero-order valence-electron chi connectivity index (χ0n) is 11.7. The molecule has 0 fully saturated rings. The molecule has 0 aromatic heterocycles. The van der Waals surface area contributed by atoms with Crippen molar-refractivity contribution >= 4 is 0 Å².